The molecule has 0 aromatic heterocycles. The Morgan fingerprint density at radius 3 is 2.60 bits per heavy atom. The van der Waals surface area contributed by atoms with Crippen molar-refractivity contribution in [1.29, 1.82) is 0 Å². The van der Waals surface area contributed by atoms with Gasteiger partial charge in [0.1, 0.15) is 5.75 Å². The lowest BCUT2D eigenvalue weighted by Gasteiger charge is -2.24. The summed E-state index contributed by atoms with van der Waals surface area (Å²) in [6.45, 7) is 8.44. The molecule has 3 nitrogen and oxygen atoms in total. The normalized spacial score (nSPS) is 12.4. The van der Waals surface area contributed by atoms with Crippen LogP contribution in [0, 0.1) is 0 Å². The van der Waals surface area contributed by atoms with Gasteiger partial charge in [0.2, 0.25) is 0 Å². The van der Waals surface area contributed by atoms with E-state index in [1.165, 1.54) is 5.56 Å². The van der Waals surface area contributed by atoms with Crippen molar-refractivity contribution in [3.8, 4) is 5.75 Å². The Labute approximate surface area is 122 Å². The van der Waals surface area contributed by atoms with Crippen molar-refractivity contribution >= 4 is 0 Å². The Kier molecular flexibility index (Phi) is 8.00. The third-order valence-electron chi connectivity index (χ3n) is 3.28. The number of rotatable bonds is 10. The van der Waals surface area contributed by atoms with Crippen molar-refractivity contribution in [2.45, 2.75) is 38.8 Å². The van der Waals surface area contributed by atoms with Crippen LogP contribution >= 0.6 is 0 Å². The molecule has 0 fully saturated rings. The second-order valence-electron chi connectivity index (χ2n) is 5.10. The summed E-state index contributed by atoms with van der Waals surface area (Å²) < 4.78 is 5.17. The Morgan fingerprint density at radius 2 is 2.05 bits per heavy atom. The van der Waals surface area contributed by atoms with E-state index in [0.717, 1.165) is 38.1 Å². The number of nitrogens with zero attached hydrogens (tertiary/aromatic N) is 1. The average Bonchev–Trinajstić information content (AvgIpc) is 2.46. The van der Waals surface area contributed by atoms with E-state index in [0.29, 0.717) is 6.54 Å². The molecule has 3 heteroatoms. The number of hydrogen-bond acceptors (Lipinski definition) is 3. The van der Waals surface area contributed by atoms with Gasteiger partial charge in [0.15, 0.2) is 0 Å². The van der Waals surface area contributed by atoms with Crippen LogP contribution in [0.3, 0.4) is 0 Å². The Hall–Kier alpha value is -1.32. The summed E-state index contributed by atoms with van der Waals surface area (Å²) in [5, 5.41) is 10.0. The molecule has 0 spiro atoms. The highest BCUT2D eigenvalue weighted by molar-refractivity contribution is 5.27. The zero-order valence-electron chi connectivity index (χ0n) is 12.7. The second-order valence-corrected chi connectivity index (χ2v) is 5.10. The van der Waals surface area contributed by atoms with Crippen LogP contribution in [-0.4, -0.2) is 36.3 Å². The third-order valence-corrected chi connectivity index (χ3v) is 3.28. The smallest absolute Gasteiger partial charge is 0.118 e. The van der Waals surface area contributed by atoms with E-state index in [2.05, 4.69) is 30.5 Å². The van der Waals surface area contributed by atoms with Crippen molar-refractivity contribution in [3.63, 3.8) is 0 Å². The van der Waals surface area contributed by atoms with Crippen molar-refractivity contribution < 1.29 is 9.84 Å². The van der Waals surface area contributed by atoms with E-state index in [1.54, 1.807) is 7.11 Å². The molecule has 1 N–H and O–H groups in total. The quantitative estimate of drug-likeness (QED) is 0.666. The van der Waals surface area contributed by atoms with E-state index in [4.69, 9.17) is 4.74 Å². The minimum Gasteiger partial charge on any atom is -0.497 e. The fourth-order valence-corrected chi connectivity index (χ4v) is 2.24. The molecule has 0 saturated heterocycles. The zero-order valence-corrected chi connectivity index (χ0v) is 12.7. The Bertz CT molecular complexity index is 375. The number of aliphatic hydroxyl groups excluding tert-OH is 1. The highest BCUT2D eigenvalue weighted by Gasteiger charge is 2.11. The average molecular weight is 277 g/mol. The lowest BCUT2D eigenvalue weighted by Crippen LogP contribution is -2.32. The summed E-state index contributed by atoms with van der Waals surface area (Å²) in [7, 11) is 1.67. The lowest BCUT2D eigenvalue weighted by molar-refractivity contribution is 0.102. The molecule has 0 bridgehead atoms. The van der Waals surface area contributed by atoms with Gasteiger partial charge < -0.3 is 9.84 Å². The summed E-state index contributed by atoms with van der Waals surface area (Å²) >= 11 is 0. The molecule has 0 unspecified atom stereocenters. The van der Waals surface area contributed by atoms with Gasteiger partial charge in [0.05, 0.1) is 13.2 Å². The van der Waals surface area contributed by atoms with Crippen LogP contribution < -0.4 is 4.74 Å². The topological polar surface area (TPSA) is 32.7 Å². The van der Waals surface area contributed by atoms with E-state index < -0.39 is 0 Å². The van der Waals surface area contributed by atoms with Gasteiger partial charge in [-0.1, -0.05) is 25.1 Å². The van der Waals surface area contributed by atoms with Gasteiger partial charge in [-0.15, -0.1) is 6.58 Å². The summed E-state index contributed by atoms with van der Waals surface area (Å²) in [5.74, 6) is 0.877. The van der Waals surface area contributed by atoms with E-state index >= 15 is 0 Å². The highest BCUT2D eigenvalue weighted by Crippen LogP contribution is 2.14. The summed E-state index contributed by atoms with van der Waals surface area (Å²) in [4.78, 5) is 2.30. The van der Waals surface area contributed by atoms with Crippen LogP contribution in [0.5, 0.6) is 5.75 Å². The van der Waals surface area contributed by atoms with Crippen molar-refractivity contribution in [2.75, 3.05) is 20.2 Å². The molecule has 0 radical (unpaired) electrons. The fourth-order valence-electron chi connectivity index (χ4n) is 2.24. The second kappa shape index (κ2) is 9.56. The van der Waals surface area contributed by atoms with Gasteiger partial charge in [-0.2, -0.15) is 0 Å². The molecule has 0 heterocycles. The zero-order chi connectivity index (χ0) is 14.8. The first-order valence-corrected chi connectivity index (χ1v) is 7.33. The van der Waals surface area contributed by atoms with Crippen LogP contribution in [0.1, 0.15) is 31.7 Å². The highest BCUT2D eigenvalue weighted by atomic mass is 16.5. The van der Waals surface area contributed by atoms with Gasteiger partial charge in [-0.3, -0.25) is 4.90 Å². The minimum atomic E-state index is -0.280. The van der Waals surface area contributed by atoms with E-state index in [9.17, 15) is 5.11 Å². The van der Waals surface area contributed by atoms with Gasteiger partial charge in [0, 0.05) is 13.1 Å². The maximum atomic E-state index is 10.0. The molecular weight excluding hydrogens is 250 g/mol. The number of benzene rings is 1. The minimum absolute atomic E-state index is 0.280. The van der Waals surface area contributed by atoms with Crippen molar-refractivity contribution in [3.05, 3.63) is 42.5 Å². The lowest BCUT2D eigenvalue weighted by atomic mass is 10.1. The monoisotopic (exact) mass is 277 g/mol. The molecule has 20 heavy (non-hydrogen) atoms. The molecule has 0 aliphatic heterocycles. The number of ether oxygens (including phenoxy) is 1. The number of aliphatic hydroxyl groups is 1. The van der Waals surface area contributed by atoms with E-state index in [-0.39, 0.29) is 6.10 Å². The first-order valence-electron chi connectivity index (χ1n) is 7.33. The summed E-state index contributed by atoms with van der Waals surface area (Å²) in [5.41, 5.74) is 1.25. The van der Waals surface area contributed by atoms with Crippen LogP contribution in [0.25, 0.3) is 0 Å². The molecule has 1 atom stereocenters. The maximum Gasteiger partial charge on any atom is 0.118 e. The number of allylic oxidation sites excluding steroid dienone is 1. The fraction of sp³-hybridized carbons (Fsp3) is 0.529. The van der Waals surface area contributed by atoms with Gasteiger partial charge >= 0.3 is 0 Å². The molecular formula is C17H27NO2. The van der Waals surface area contributed by atoms with Gasteiger partial charge in [0.25, 0.3) is 0 Å². The molecule has 0 aliphatic rings. The largest absolute Gasteiger partial charge is 0.497 e. The maximum absolute atomic E-state index is 10.0. The standard InChI is InChI=1S/C17H27NO2/c1-4-6-7-16(19)14-18(12-5-2)13-15-8-10-17(20-3)11-9-15/h4,8-11,16,19H,1,5-7,12-14H2,2-3H3/t16-/m1/s1. The van der Waals surface area contributed by atoms with Gasteiger partial charge in [-0.25, -0.2) is 0 Å². The molecule has 1 rings (SSSR count). The summed E-state index contributed by atoms with van der Waals surface area (Å²) in [6, 6.07) is 8.12. The number of methoxy groups -OCH3 is 1. The van der Waals surface area contributed by atoms with Crippen molar-refractivity contribution in [2.24, 2.45) is 0 Å². The molecule has 0 aliphatic carbocycles. The third kappa shape index (κ3) is 6.22. The first kappa shape index (κ1) is 16.7. The predicted molar refractivity (Wildman–Crippen MR) is 84.0 cm³/mol. The van der Waals surface area contributed by atoms with Crippen LogP contribution in [0.2, 0.25) is 0 Å². The number of hydrogen-bond donors (Lipinski definition) is 1. The van der Waals surface area contributed by atoms with Crippen LogP contribution in [0.15, 0.2) is 36.9 Å². The Balaban J connectivity index is 2.53. The van der Waals surface area contributed by atoms with E-state index in [1.807, 2.05) is 18.2 Å². The van der Waals surface area contributed by atoms with Crippen molar-refractivity contribution in [1.82, 2.24) is 4.90 Å². The molecule has 112 valence electrons. The first-order chi connectivity index (χ1) is 9.69. The Morgan fingerprint density at radius 1 is 1.35 bits per heavy atom. The molecule has 0 saturated carbocycles. The summed E-state index contributed by atoms with van der Waals surface area (Å²) in [6.07, 6.45) is 4.31. The predicted octanol–water partition coefficient (Wildman–Crippen LogP) is 3.23. The molecule has 1 aromatic rings. The van der Waals surface area contributed by atoms with Crippen LogP contribution in [-0.2, 0) is 6.54 Å². The van der Waals surface area contributed by atoms with Gasteiger partial charge in [-0.05, 0) is 43.5 Å². The van der Waals surface area contributed by atoms with Crippen LogP contribution in [0.4, 0.5) is 0 Å². The molecule has 0 amide bonds. The SMILES string of the molecule is C=CCC[C@@H](O)CN(CCC)Cc1ccc(OC)cc1. The molecule has 1 aromatic carbocycles.